The van der Waals surface area contributed by atoms with Crippen LogP contribution in [-0.2, 0) is 33.4 Å². The molecule has 0 aliphatic carbocycles. The molecule has 2 aromatic rings. The number of benzene rings is 2. The van der Waals surface area contributed by atoms with E-state index < -0.39 is 16.9 Å². The third kappa shape index (κ3) is 11.7. The molecule has 1 N–H and O–H groups in total. The Balaban J connectivity index is 0.000000480. The number of rotatable bonds is 14. The molecule has 2 aromatic carbocycles. The fourth-order valence-electron chi connectivity index (χ4n) is 6.37. The van der Waals surface area contributed by atoms with Gasteiger partial charge in [0.15, 0.2) is 0 Å². The van der Waals surface area contributed by atoms with Crippen molar-refractivity contribution in [1.82, 2.24) is 0 Å². The molecule has 4 unspecified atom stereocenters. The number of isocyanates is 1. The number of hydrogen-bond acceptors (Lipinski definition) is 3. The van der Waals surface area contributed by atoms with Crippen molar-refractivity contribution in [1.29, 1.82) is 0 Å². The largest absolute Gasteiger partial charge is 0.481 e. The Bertz CT molecular complexity index is 1350. The molecule has 0 spiro atoms. The number of carbonyl (C=O) groups is 1. The van der Waals surface area contributed by atoms with Crippen molar-refractivity contribution in [3.63, 3.8) is 0 Å². The highest BCUT2D eigenvalue weighted by Crippen LogP contribution is 2.41. The van der Waals surface area contributed by atoms with E-state index in [2.05, 4.69) is 79.6 Å². The second-order valence-electron chi connectivity index (χ2n) is 16.6. The number of aliphatic carboxylic acids is 1. The van der Waals surface area contributed by atoms with Gasteiger partial charge < -0.3 is 5.11 Å². The molecule has 0 radical (unpaired) electrons. The van der Waals surface area contributed by atoms with Crippen LogP contribution in [0.15, 0.2) is 66.7 Å². The number of nitrogens with zero attached hydrogens (tertiary/aromatic N) is 1. The van der Waals surface area contributed by atoms with E-state index in [4.69, 9.17) is 23.2 Å². The van der Waals surface area contributed by atoms with E-state index in [1.165, 1.54) is 0 Å². The Hall–Kier alpha value is -2.65. The predicted molar refractivity (Wildman–Crippen MR) is 206 cm³/mol. The second-order valence-corrected chi connectivity index (χ2v) is 17.4. The van der Waals surface area contributed by atoms with Crippen LogP contribution in [0.5, 0.6) is 0 Å². The van der Waals surface area contributed by atoms with Crippen molar-refractivity contribution in [2.45, 2.75) is 120 Å². The van der Waals surface area contributed by atoms with E-state index in [1.54, 1.807) is 19.1 Å². The number of hydrogen-bond donors (Lipinski definition) is 1. The van der Waals surface area contributed by atoms with Gasteiger partial charge in [0.1, 0.15) is 5.54 Å². The highest BCUT2D eigenvalue weighted by molar-refractivity contribution is 6.31. The van der Waals surface area contributed by atoms with Crippen LogP contribution in [0.2, 0.25) is 10.0 Å². The van der Waals surface area contributed by atoms with Gasteiger partial charge in [-0.1, -0.05) is 129 Å². The zero-order valence-corrected chi connectivity index (χ0v) is 33.1. The van der Waals surface area contributed by atoms with Gasteiger partial charge in [0.05, 0.1) is 5.41 Å². The molecule has 6 heteroatoms. The van der Waals surface area contributed by atoms with Gasteiger partial charge in [-0.2, -0.15) is 4.99 Å². The maximum absolute atomic E-state index is 12.1. The highest BCUT2D eigenvalue weighted by Gasteiger charge is 2.43. The quantitative estimate of drug-likeness (QED) is 0.121. The van der Waals surface area contributed by atoms with Gasteiger partial charge in [0.2, 0.25) is 6.08 Å². The van der Waals surface area contributed by atoms with Crippen molar-refractivity contribution in [3.8, 4) is 0 Å². The van der Waals surface area contributed by atoms with Crippen LogP contribution in [-0.4, -0.2) is 17.2 Å². The molecule has 0 fully saturated rings. The lowest BCUT2D eigenvalue weighted by Gasteiger charge is -2.35. The van der Waals surface area contributed by atoms with Crippen molar-refractivity contribution >= 4 is 35.3 Å². The molecule has 0 saturated heterocycles. The summed E-state index contributed by atoms with van der Waals surface area (Å²) in [5.41, 5.74) is 2.63. The molecule has 48 heavy (non-hydrogen) atoms. The van der Waals surface area contributed by atoms with Crippen LogP contribution in [0.1, 0.15) is 118 Å². The minimum Gasteiger partial charge on any atom is -0.481 e. The summed E-state index contributed by atoms with van der Waals surface area (Å²) in [6.07, 6.45) is 9.28. The summed E-state index contributed by atoms with van der Waals surface area (Å²) in [6, 6.07) is 11.7. The molecule has 0 amide bonds. The van der Waals surface area contributed by atoms with E-state index in [0.717, 1.165) is 53.0 Å². The van der Waals surface area contributed by atoms with E-state index in [0.29, 0.717) is 10.9 Å². The van der Waals surface area contributed by atoms with Crippen molar-refractivity contribution < 1.29 is 14.7 Å². The van der Waals surface area contributed by atoms with Crippen LogP contribution < -0.4 is 0 Å². The van der Waals surface area contributed by atoms with Gasteiger partial charge in [-0.25, -0.2) is 4.79 Å². The first-order valence-corrected chi connectivity index (χ1v) is 17.9. The number of carboxylic acid groups (broad SMARTS) is 1. The summed E-state index contributed by atoms with van der Waals surface area (Å²) < 4.78 is 0. The number of aliphatic imine (C=N–C) groups is 1. The molecule has 0 aliphatic rings. The molecule has 2 rings (SSSR count). The molecule has 4 nitrogen and oxygen atoms in total. The predicted octanol–water partition coefficient (Wildman–Crippen LogP) is 12.4. The van der Waals surface area contributed by atoms with Crippen LogP contribution in [0.25, 0.3) is 0 Å². The minimum atomic E-state index is -1.04. The van der Waals surface area contributed by atoms with Gasteiger partial charge in [-0.15, -0.1) is 13.2 Å². The summed E-state index contributed by atoms with van der Waals surface area (Å²) in [7, 11) is 0. The zero-order valence-electron chi connectivity index (χ0n) is 31.6. The van der Waals surface area contributed by atoms with E-state index in [-0.39, 0.29) is 28.6 Å². The minimum absolute atomic E-state index is 0.0236. The maximum atomic E-state index is 12.1. The van der Waals surface area contributed by atoms with Crippen LogP contribution in [0, 0.1) is 34.5 Å². The Kier molecular flexibility index (Phi) is 16.1. The van der Waals surface area contributed by atoms with Gasteiger partial charge in [0, 0.05) is 16.0 Å². The van der Waals surface area contributed by atoms with E-state index in [1.807, 2.05) is 57.2 Å². The molecule has 266 valence electrons. The molecular formula is C42H61Cl2NO3. The third-order valence-electron chi connectivity index (χ3n) is 9.56. The number of halogens is 2. The average Bonchev–Trinajstić information content (AvgIpc) is 2.95. The monoisotopic (exact) mass is 697 g/mol. The second kappa shape index (κ2) is 17.8. The molecule has 0 aliphatic heterocycles. The van der Waals surface area contributed by atoms with E-state index >= 15 is 0 Å². The fourth-order valence-corrected chi connectivity index (χ4v) is 6.92. The summed E-state index contributed by atoms with van der Waals surface area (Å²) in [4.78, 5) is 27.3. The van der Waals surface area contributed by atoms with Crippen molar-refractivity contribution in [2.75, 3.05) is 0 Å². The lowest BCUT2D eigenvalue weighted by atomic mass is 9.67. The van der Waals surface area contributed by atoms with Crippen LogP contribution in [0.3, 0.4) is 0 Å². The van der Waals surface area contributed by atoms with E-state index in [9.17, 15) is 14.7 Å². The number of aryl methyl sites for hydroxylation is 2. The van der Waals surface area contributed by atoms with Gasteiger partial charge in [0.25, 0.3) is 0 Å². The Morgan fingerprint density at radius 1 is 0.771 bits per heavy atom. The SMILES string of the molecule is C=CC(C(C)C)C(C)(C(=O)O)c1ccc(CCC(C)(C)C)c(Cl)c1.C=CC(C(C)C)C(C)(N=C=O)c1ccc(CCC(C)(C)C)c(Cl)c1. The average molecular weight is 699 g/mol. The topological polar surface area (TPSA) is 66.7 Å². The summed E-state index contributed by atoms with van der Waals surface area (Å²) in [6.45, 7) is 33.0. The lowest BCUT2D eigenvalue weighted by Crippen LogP contribution is -2.41. The van der Waals surface area contributed by atoms with Crippen LogP contribution >= 0.6 is 23.2 Å². The van der Waals surface area contributed by atoms with Gasteiger partial charge in [-0.3, -0.25) is 4.79 Å². The highest BCUT2D eigenvalue weighted by atomic mass is 35.5. The summed E-state index contributed by atoms with van der Waals surface area (Å²) in [5, 5.41) is 11.3. The Labute approximate surface area is 302 Å². The number of carboxylic acids is 1. The molecule has 4 atom stereocenters. The molecule has 0 heterocycles. The summed E-state index contributed by atoms with van der Waals surface area (Å²) >= 11 is 13.0. The smallest absolute Gasteiger partial charge is 0.314 e. The molecule has 0 saturated carbocycles. The zero-order chi connectivity index (χ0) is 37.3. The van der Waals surface area contributed by atoms with Gasteiger partial charge >= 0.3 is 5.97 Å². The molecular weight excluding hydrogens is 637 g/mol. The fraction of sp³-hybridized carbons (Fsp3) is 0.571. The Morgan fingerprint density at radius 3 is 1.48 bits per heavy atom. The standard InChI is InChI=1S/C21H30ClNO.C21H31ClO2/c1-8-18(15(2)3)21(7,23-14-24)17-10-9-16(19(22)13-17)11-12-20(4,5)6;1-8-17(14(2)3)21(7,19(23)24)16-10-9-15(18(22)13-16)11-12-20(4,5)6/h8-10,13,15,18H,1,11-12H2,2-7H3;8-10,13-14,17H,1,11-12H2,2-7H3,(H,23,24). The maximum Gasteiger partial charge on any atom is 0.314 e. The first-order valence-electron chi connectivity index (χ1n) is 17.1. The third-order valence-corrected chi connectivity index (χ3v) is 10.3. The normalized spacial score (nSPS) is 15.7. The first kappa shape index (κ1) is 43.4. The number of allylic oxidation sites excluding steroid dienone is 1. The van der Waals surface area contributed by atoms with Crippen molar-refractivity contribution in [3.05, 3.63) is 94.0 Å². The number of carbonyl (C=O) groups excluding carboxylic acids is 1. The van der Waals surface area contributed by atoms with Crippen molar-refractivity contribution in [2.24, 2.45) is 39.5 Å². The lowest BCUT2D eigenvalue weighted by molar-refractivity contribution is -0.145. The van der Waals surface area contributed by atoms with Gasteiger partial charge in [-0.05, 0) is 103 Å². The Morgan fingerprint density at radius 2 is 1.17 bits per heavy atom. The first-order chi connectivity index (χ1) is 22.0. The van der Waals surface area contributed by atoms with Crippen LogP contribution in [0.4, 0.5) is 0 Å². The molecule has 0 aromatic heterocycles. The molecule has 0 bridgehead atoms. The summed E-state index contributed by atoms with van der Waals surface area (Å²) in [5.74, 6) is -0.534.